The molecule has 1 aromatic heterocycles. The first kappa shape index (κ1) is 23.4. The maximum absolute atomic E-state index is 14.5. The molecule has 0 bridgehead atoms. The van der Waals surface area contributed by atoms with Gasteiger partial charge in [-0.05, 0) is 58.0 Å². The first-order chi connectivity index (χ1) is 17.0. The molecule has 6 nitrogen and oxygen atoms in total. The van der Waals surface area contributed by atoms with Crippen LogP contribution in [0.15, 0.2) is 78.3 Å². The molecule has 176 valence electrons. The Bertz CT molecular complexity index is 1380. The van der Waals surface area contributed by atoms with Gasteiger partial charge in [0.1, 0.15) is 24.2 Å². The Hall–Kier alpha value is -3.31. The van der Waals surface area contributed by atoms with E-state index >= 15 is 0 Å². The Labute approximate surface area is 218 Å². The minimum absolute atomic E-state index is 0.218. The van der Waals surface area contributed by atoms with E-state index in [1.165, 1.54) is 34.4 Å². The van der Waals surface area contributed by atoms with Crippen molar-refractivity contribution < 1.29 is 18.7 Å². The Morgan fingerprint density at radius 2 is 2.00 bits per heavy atom. The third-order valence-corrected chi connectivity index (χ3v) is 7.23. The minimum Gasteiger partial charge on any atom is -0.489 e. The summed E-state index contributed by atoms with van der Waals surface area (Å²) < 4.78 is 21.4. The van der Waals surface area contributed by atoms with Crippen LogP contribution < -0.4 is 10.1 Å². The lowest BCUT2D eigenvalue weighted by Gasteiger charge is -2.28. The second-order valence-electron chi connectivity index (χ2n) is 7.89. The molecule has 9 heteroatoms. The molecule has 35 heavy (non-hydrogen) atoms. The van der Waals surface area contributed by atoms with Gasteiger partial charge in [-0.3, -0.25) is 14.9 Å². The van der Waals surface area contributed by atoms with E-state index in [4.69, 9.17) is 4.74 Å². The van der Waals surface area contributed by atoms with Crippen molar-refractivity contribution >= 4 is 50.9 Å². The van der Waals surface area contributed by atoms with E-state index in [1.54, 1.807) is 11.6 Å². The molecule has 4 aromatic rings. The number of anilines is 1. The summed E-state index contributed by atoms with van der Waals surface area (Å²) in [7, 11) is 0. The second kappa shape index (κ2) is 10.1. The predicted molar refractivity (Wildman–Crippen MR) is 140 cm³/mol. The Balaban J connectivity index is 1.54. The van der Waals surface area contributed by atoms with Gasteiger partial charge in [0.25, 0.3) is 11.8 Å². The number of fused-ring (bicyclic) bond motifs is 1. The lowest BCUT2D eigenvalue weighted by molar-refractivity contribution is -0.120. The predicted octanol–water partition coefficient (Wildman–Crippen LogP) is 5.80. The van der Waals surface area contributed by atoms with E-state index in [2.05, 4.69) is 32.9 Å². The van der Waals surface area contributed by atoms with Crippen molar-refractivity contribution in [1.29, 1.82) is 0 Å². The van der Waals surface area contributed by atoms with Crippen LogP contribution in [-0.4, -0.2) is 21.7 Å². The summed E-state index contributed by atoms with van der Waals surface area (Å²) >= 11 is 3.37. The van der Waals surface area contributed by atoms with E-state index in [1.807, 2.05) is 48.5 Å². The number of amides is 2. The highest BCUT2D eigenvalue weighted by Gasteiger charge is 2.40. The molecule has 1 atom stereocenters. The van der Waals surface area contributed by atoms with E-state index in [9.17, 15) is 14.0 Å². The molecule has 0 aliphatic carbocycles. The van der Waals surface area contributed by atoms with Crippen LogP contribution >= 0.6 is 33.9 Å². The van der Waals surface area contributed by atoms with E-state index in [0.29, 0.717) is 16.4 Å². The fourth-order valence-corrected chi connectivity index (χ4v) is 5.37. The van der Waals surface area contributed by atoms with Gasteiger partial charge in [-0.25, -0.2) is 9.37 Å². The van der Waals surface area contributed by atoms with Gasteiger partial charge < -0.3 is 9.64 Å². The largest absolute Gasteiger partial charge is 0.489 e. The van der Waals surface area contributed by atoms with Crippen LogP contribution in [0, 0.1) is 9.39 Å². The van der Waals surface area contributed by atoms with Gasteiger partial charge in [-0.1, -0.05) is 42.5 Å². The van der Waals surface area contributed by atoms with Crippen molar-refractivity contribution in [3.05, 3.63) is 110 Å². The summed E-state index contributed by atoms with van der Waals surface area (Å²) in [5, 5.41) is 4.90. The maximum atomic E-state index is 14.5. The molecule has 2 amide bonds. The Kier molecular flexibility index (Phi) is 6.78. The molecule has 1 aliphatic heterocycles. The third-order valence-electron chi connectivity index (χ3n) is 5.64. The van der Waals surface area contributed by atoms with Crippen molar-refractivity contribution in [2.24, 2.45) is 0 Å². The second-order valence-corrected chi connectivity index (χ2v) is 9.95. The number of hydrogen-bond acceptors (Lipinski definition) is 5. The molecule has 2 heterocycles. The summed E-state index contributed by atoms with van der Waals surface area (Å²) in [6, 6.07) is 18.0. The van der Waals surface area contributed by atoms with Crippen LogP contribution in [0.4, 0.5) is 9.52 Å². The van der Waals surface area contributed by atoms with Crippen LogP contribution in [0.1, 0.15) is 33.1 Å². The van der Waals surface area contributed by atoms with Gasteiger partial charge in [-0.2, -0.15) is 0 Å². The summed E-state index contributed by atoms with van der Waals surface area (Å²) in [6.45, 7) is 0.446. The topological polar surface area (TPSA) is 71.5 Å². The number of benzene rings is 3. The van der Waals surface area contributed by atoms with Crippen LogP contribution in [0.25, 0.3) is 0 Å². The van der Waals surface area contributed by atoms with Gasteiger partial charge in [0.2, 0.25) is 0 Å². The average Bonchev–Trinajstić information content (AvgIpc) is 3.48. The SMILES string of the molecule is O=C(Nc1nccs1)C(c1cc(F)ccc1OCc1ccccc1)N1Cc2cccc(I)c2C1=O. The van der Waals surface area contributed by atoms with Crippen molar-refractivity contribution in [2.75, 3.05) is 5.32 Å². The van der Waals surface area contributed by atoms with Crippen molar-refractivity contribution in [3.63, 3.8) is 0 Å². The third kappa shape index (κ3) is 4.92. The molecule has 0 saturated heterocycles. The smallest absolute Gasteiger partial charge is 0.256 e. The summed E-state index contributed by atoms with van der Waals surface area (Å²) in [4.78, 5) is 32.7. The minimum atomic E-state index is -1.13. The summed E-state index contributed by atoms with van der Waals surface area (Å²) in [6.07, 6.45) is 1.57. The summed E-state index contributed by atoms with van der Waals surface area (Å²) in [5.74, 6) is -0.986. The summed E-state index contributed by atoms with van der Waals surface area (Å²) in [5.41, 5.74) is 2.57. The lowest BCUT2D eigenvalue weighted by Crippen LogP contribution is -2.38. The molecule has 5 rings (SSSR count). The molecule has 1 aliphatic rings. The zero-order valence-corrected chi connectivity index (χ0v) is 21.3. The molecule has 0 radical (unpaired) electrons. The molecular formula is C26H19FIN3O3S. The molecule has 3 aromatic carbocycles. The maximum Gasteiger partial charge on any atom is 0.256 e. The van der Waals surface area contributed by atoms with E-state index in [-0.39, 0.29) is 24.6 Å². The molecule has 0 saturated carbocycles. The molecule has 1 unspecified atom stereocenters. The number of carbonyl (C=O) groups is 2. The lowest BCUT2D eigenvalue weighted by atomic mass is 10.0. The number of hydrogen-bond donors (Lipinski definition) is 1. The molecule has 0 fully saturated rings. The Morgan fingerprint density at radius 3 is 2.74 bits per heavy atom. The fraction of sp³-hybridized carbons (Fsp3) is 0.115. The van der Waals surface area contributed by atoms with Crippen molar-refractivity contribution in [3.8, 4) is 5.75 Å². The van der Waals surface area contributed by atoms with Crippen molar-refractivity contribution in [1.82, 2.24) is 9.88 Å². The highest BCUT2D eigenvalue weighted by molar-refractivity contribution is 14.1. The normalized spacial score (nSPS) is 13.4. The molecule has 0 spiro atoms. The Morgan fingerprint density at radius 1 is 1.17 bits per heavy atom. The number of aromatic nitrogens is 1. The van der Waals surface area contributed by atoms with E-state index in [0.717, 1.165) is 14.7 Å². The first-order valence-electron chi connectivity index (χ1n) is 10.8. The van der Waals surface area contributed by atoms with Gasteiger partial charge in [-0.15, -0.1) is 11.3 Å². The van der Waals surface area contributed by atoms with Gasteiger partial charge in [0.15, 0.2) is 5.13 Å². The number of carbonyl (C=O) groups excluding carboxylic acids is 2. The highest BCUT2D eigenvalue weighted by atomic mass is 127. The molecular weight excluding hydrogens is 580 g/mol. The zero-order valence-electron chi connectivity index (χ0n) is 18.3. The van der Waals surface area contributed by atoms with E-state index < -0.39 is 17.8 Å². The highest BCUT2D eigenvalue weighted by Crippen LogP contribution is 2.38. The average molecular weight is 599 g/mol. The monoisotopic (exact) mass is 599 g/mol. The van der Waals surface area contributed by atoms with Crippen LogP contribution in [-0.2, 0) is 17.9 Å². The molecule has 1 N–H and O–H groups in total. The number of nitrogens with zero attached hydrogens (tertiary/aromatic N) is 2. The number of thiazole rings is 1. The van der Waals surface area contributed by atoms with Gasteiger partial charge in [0.05, 0.1) is 5.56 Å². The zero-order chi connectivity index (χ0) is 24.4. The van der Waals surface area contributed by atoms with Crippen LogP contribution in [0.5, 0.6) is 5.75 Å². The number of nitrogens with one attached hydrogen (secondary N) is 1. The van der Waals surface area contributed by atoms with Crippen LogP contribution in [0.2, 0.25) is 0 Å². The van der Waals surface area contributed by atoms with Crippen molar-refractivity contribution in [2.45, 2.75) is 19.2 Å². The fourth-order valence-electron chi connectivity index (χ4n) is 4.06. The standard InChI is InChI=1S/C26H19FIN3O3S/c27-18-9-10-21(34-15-16-5-2-1-3-6-16)19(13-18)23(24(32)30-26-29-11-12-35-26)31-14-17-7-4-8-20(28)22(17)25(31)33/h1-13,23H,14-15H2,(H,29,30,32). The van der Waals surface area contributed by atoms with Gasteiger partial charge in [0, 0.05) is 27.3 Å². The number of ether oxygens (including phenoxy) is 1. The number of halogens is 2. The first-order valence-corrected chi connectivity index (χ1v) is 12.7. The number of rotatable bonds is 7. The quantitative estimate of drug-likeness (QED) is 0.273. The van der Waals surface area contributed by atoms with Crippen LogP contribution in [0.3, 0.4) is 0 Å². The van der Waals surface area contributed by atoms with Gasteiger partial charge >= 0.3 is 0 Å².